The molecule has 1 amide bonds. The van der Waals surface area contributed by atoms with Gasteiger partial charge in [-0.3, -0.25) is 9.63 Å². The van der Waals surface area contributed by atoms with Crippen molar-refractivity contribution in [3.05, 3.63) is 0 Å². The maximum atomic E-state index is 12.9. The summed E-state index contributed by atoms with van der Waals surface area (Å²) in [5, 5.41) is 10.8. The zero-order valence-electron chi connectivity index (χ0n) is 16.7. The van der Waals surface area contributed by atoms with Gasteiger partial charge in [-0.15, -0.1) is 0 Å². The fourth-order valence-corrected chi connectivity index (χ4v) is 9.87. The highest BCUT2D eigenvalue weighted by atomic mass is 28.4. The zero-order chi connectivity index (χ0) is 19.6. The molecule has 1 aliphatic rings. The van der Waals surface area contributed by atoms with Crippen LogP contribution in [-0.4, -0.2) is 62.8 Å². The van der Waals surface area contributed by atoms with Crippen LogP contribution < -0.4 is 0 Å². The normalized spacial score (nSPS) is 24.7. The van der Waals surface area contributed by atoms with Gasteiger partial charge in [0.05, 0.1) is 20.8 Å². The Balaban J connectivity index is 3.30. The average molecular weight is 376 g/mol. The number of aliphatic hydroxyl groups excluding tert-OH is 1. The summed E-state index contributed by atoms with van der Waals surface area (Å²) in [5.74, 6) is -1.15. The van der Waals surface area contributed by atoms with Gasteiger partial charge >= 0.3 is 5.97 Å². The van der Waals surface area contributed by atoms with Crippen molar-refractivity contribution in [2.24, 2.45) is 0 Å². The molecule has 1 N–H and O–H groups in total. The molecule has 146 valence electrons. The highest BCUT2D eigenvalue weighted by molar-refractivity contribution is 6.77. The second-order valence-electron chi connectivity index (χ2n) is 7.62. The predicted octanol–water partition coefficient (Wildman–Crippen LogP) is 2.24. The van der Waals surface area contributed by atoms with E-state index in [9.17, 15) is 14.7 Å². The van der Waals surface area contributed by atoms with Gasteiger partial charge in [-0.1, -0.05) is 41.5 Å². The molecule has 0 aliphatic carbocycles. The van der Waals surface area contributed by atoms with E-state index in [1.54, 1.807) is 0 Å². The summed E-state index contributed by atoms with van der Waals surface area (Å²) in [6.07, 6.45) is -0.811. The van der Waals surface area contributed by atoms with Crippen LogP contribution in [-0.2, 0) is 23.6 Å². The molecule has 0 radical (unpaired) electrons. The van der Waals surface area contributed by atoms with Crippen LogP contribution in [0.3, 0.4) is 0 Å². The van der Waals surface area contributed by atoms with E-state index in [0.29, 0.717) is 16.6 Å². The second kappa shape index (κ2) is 8.16. The number of hydrogen-bond acceptors (Lipinski definition) is 6. The van der Waals surface area contributed by atoms with E-state index >= 15 is 0 Å². The van der Waals surface area contributed by atoms with Crippen molar-refractivity contribution < 1.29 is 28.7 Å². The first-order valence-electron chi connectivity index (χ1n) is 8.80. The molecular formula is C17H33NO6Si. The molecule has 1 heterocycles. The van der Waals surface area contributed by atoms with E-state index in [-0.39, 0.29) is 6.42 Å². The van der Waals surface area contributed by atoms with Gasteiger partial charge in [-0.25, -0.2) is 4.79 Å². The maximum Gasteiger partial charge on any atom is 0.336 e. The van der Waals surface area contributed by atoms with Crippen molar-refractivity contribution in [3.63, 3.8) is 0 Å². The quantitative estimate of drug-likeness (QED) is 0.517. The first-order valence-corrected chi connectivity index (χ1v) is 10.9. The standard InChI is InChI=1S/C17H33NO6Si/c1-11(2)25(12(3)4,13(5)6)24-14-9-17(10-19,16(21)22-7)18(23-8)15(14)20/h11-14,19H,9-10H2,1-8H3/t14-,17-/m0/s1. The van der Waals surface area contributed by atoms with E-state index < -0.39 is 38.4 Å². The van der Waals surface area contributed by atoms with E-state index in [1.165, 1.54) is 14.2 Å². The van der Waals surface area contributed by atoms with Gasteiger partial charge in [0, 0.05) is 6.42 Å². The maximum absolute atomic E-state index is 12.9. The number of carbonyl (C=O) groups excluding carboxylic acids is 2. The van der Waals surface area contributed by atoms with Crippen molar-refractivity contribution in [2.75, 3.05) is 20.8 Å². The Morgan fingerprint density at radius 1 is 1.20 bits per heavy atom. The molecule has 7 nitrogen and oxygen atoms in total. The molecule has 1 saturated heterocycles. The molecule has 0 aromatic carbocycles. The molecular weight excluding hydrogens is 342 g/mol. The fourth-order valence-electron chi connectivity index (χ4n) is 4.38. The molecule has 2 atom stereocenters. The summed E-state index contributed by atoms with van der Waals surface area (Å²) in [6.45, 7) is 12.2. The third kappa shape index (κ3) is 3.49. The van der Waals surface area contributed by atoms with Crippen molar-refractivity contribution in [2.45, 2.75) is 76.2 Å². The number of rotatable bonds is 8. The van der Waals surface area contributed by atoms with E-state index in [1.807, 2.05) is 0 Å². The number of hydroxylamine groups is 2. The molecule has 0 saturated carbocycles. The summed E-state index contributed by atoms with van der Waals surface area (Å²) in [6, 6.07) is 0. The molecule has 1 rings (SSSR count). The third-order valence-corrected chi connectivity index (χ3v) is 11.6. The lowest BCUT2D eigenvalue weighted by Crippen LogP contribution is -2.54. The van der Waals surface area contributed by atoms with Crippen LogP contribution in [0, 0.1) is 0 Å². The number of nitrogens with zero attached hydrogens (tertiary/aromatic N) is 1. The number of ether oxygens (including phenoxy) is 1. The van der Waals surface area contributed by atoms with Gasteiger partial charge in [0.1, 0.15) is 6.10 Å². The van der Waals surface area contributed by atoms with Crippen LogP contribution >= 0.6 is 0 Å². The second-order valence-corrected chi connectivity index (χ2v) is 13.0. The van der Waals surface area contributed by atoms with Crippen LogP contribution in [0.1, 0.15) is 48.0 Å². The number of hydrogen-bond donors (Lipinski definition) is 1. The highest BCUT2D eigenvalue weighted by Crippen LogP contribution is 2.45. The molecule has 1 aliphatic heterocycles. The van der Waals surface area contributed by atoms with Gasteiger partial charge in [-0.05, 0) is 16.6 Å². The minimum atomic E-state index is -2.33. The molecule has 1 fully saturated rings. The fraction of sp³-hybridized carbons (Fsp3) is 0.882. The highest BCUT2D eigenvalue weighted by Gasteiger charge is 2.60. The summed E-state index contributed by atoms with van der Waals surface area (Å²) >= 11 is 0. The third-order valence-electron chi connectivity index (χ3n) is 5.45. The Morgan fingerprint density at radius 3 is 2.00 bits per heavy atom. The van der Waals surface area contributed by atoms with Crippen LogP contribution in [0.15, 0.2) is 0 Å². The molecule has 25 heavy (non-hydrogen) atoms. The number of aliphatic hydroxyl groups is 1. The lowest BCUT2D eigenvalue weighted by Gasteiger charge is -2.43. The lowest BCUT2D eigenvalue weighted by molar-refractivity contribution is -0.213. The van der Waals surface area contributed by atoms with E-state index in [0.717, 1.165) is 5.06 Å². The molecule has 0 aromatic rings. The van der Waals surface area contributed by atoms with Crippen LogP contribution in [0.2, 0.25) is 16.6 Å². The SMILES string of the molecule is COC(=O)[C@@]1(CO)C[C@H](O[Si](C(C)C)(C(C)C)C(C)C)C(=O)N1OC. The van der Waals surface area contributed by atoms with Crippen molar-refractivity contribution in [1.29, 1.82) is 0 Å². The Labute approximate surface area is 151 Å². The zero-order valence-corrected chi connectivity index (χ0v) is 17.7. The van der Waals surface area contributed by atoms with Gasteiger partial charge < -0.3 is 14.3 Å². The topological polar surface area (TPSA) is 85.3 Å². The average Bonchev–Trinajstić information content (AvgIpc) is 2.82. The largest absolute Gasteiger partial charge is 0.467 e. The van der Waals surface area contributed by atoms with Crippen molar-refractivity contribution in [3.8, 4) is 0 Å². The number of amides is 1. The molecule has 0 aromatic heterocycles. The lowest BCUT2D eigenvalue weighted by atomic mass is 9.98. The first kappa shape index (κ1) is 22.1. The summed E-state index contributed by atoms with van der Waals surface area (Å²) < 4.78 is 11.3. The van der Waals surface area contributed by atoms with Crippen molar-refractivity contribution in [1.82, 2.24) is 5.06 Å². The molecule has 0 bridgehead atoms. The number of methoxy groups -OCH3 is 1. The van der Waals surface area contributed by atoms with E-state index in [4.69, 9.17) is 14.0 Å². The summed E-state index contributed by atoms with van der Waals surface area (Å²) in [4.78, 5) is 30.3. The van der Waals surface area contributed by atoms with Gasteiger partial charge in [0.2, 0.25) is 8.32 Å². The molecule has 0 spiro atoms. The Morgan fingerprint density at radius 2 is 1.68 bits per heavy atom. The Bertz CT molecular complexity index is 474. The monoisotopic (exact) mass is 375 g/mol. The Hall–Kier alpha value is -0.963. The van der Waals surface area contributed by atoms with E-state index in [2.05, 4.69) is 41.5 Å². The first-order chi connectivity index (χ1) is 11.5. The number of esters is 1. The van der Waals surface area contributed by atoms with Crippen molar-refractivity contribution >= 4 is 20.2 Å². The molecule has 0 unspecified atom stereocenters. The van der Waals surface area contributed by atoms with Gasteiger partial charge in [-0.2, -0.15) is 5.06 Å². The van der Waals surface area contributed by atoms with Crippen LogP contribution in [0.4, 0.5) is 0 Å². The minimum absolute atomic E-state index is 0.0176. The van der Waals surface area contributed by atoms with Crippen LogP contribution in [0.25, 0.3) is 0 Å². The summed E-state index contributed by atoms with van der Waals surface area (Å²) in [5.41, 5.74) is -0.688. The Kier molecular flexibility index (Phi) is 7.20. The van der Waals surface area contributed by atoms with Gasteiger partial charge in [0.15, 0.2) is 5.54 Å². The predicted molar refractivity (Wildman–Crippen MR) is 96.2 cm³/mol. The number of carbonyl (C=O) groups is 2. The van der Waals surface area contributed by atoms with Crippen LogP contribution in [0.5, 0.6) is 0 Å². The smallest absolute Gasteiger partial charge is 0.336 e. The van der Waals surface area contributed by atoms with Gasteiger partial charge in [0.25, 0.3) is 5.91 Å². The molecule has 8 heteroatoms. The minimum Gasteiger partial charge on any atom is -0.467 e. The summed E-state index contributed by atoms with van der Waals surface area (Å²) in [7, 11) is 0.187.